The molecule has 1 unspecified atom stereocenters. The van der Waals surface area contributed by atoms with Gasteiger partial charge < -0.3 is 15.7 Å². The number of rotatable bonds is 2. The Morgan fingerprint density at radius 2 is 2.35 bits per heavy atom. The van der Waals surface area contributed by atoms with Gasteiger partial charge in [-0.25, -0.2) is 4.98 Å². The number of halogens is 1. The molecule has 3 N–H and O–H groups in total. The van der Waals surface area contributed by atoms with Gasteiger partial charge >= 0.3 is 5.97 Å². The van der Waals surface area contributed by atoms with Crippen LogP contribution in [0.4, 0.5) is 11.5 Å². The number of anilines is 2. The zero-order valence-corrected chi connectivity index (χ0v) is 10.3. The minimum atomic E-state index is -0.970. The summed E-state index contributed by atoms with van der Waals surface area (Å²) in [7, 11) is 0. The summed E-state index contributed by atoms with van der Waals surface area (Å²) in [5.41, 5.74) is 6.13. The number of hydrogen-bond donors (Lipinski definition) is 2. The lowest BCUT2D eigenvalue weighted by atomic mass is 10.1. The second-order valence-electron chi connectivity index (χ2n) is 3.80. The quantitative estimate of drug-likeness (QED) is 0.844. The highest BCUT2D eigenvalue weighted by molar-refractivity contribution is 9.10. The van der Waals surface area contributed by atoms with Gasteiger partial charge in [-0.2, -0.15) is 0 Å². The van der Waals surface area contributed by atoms with Crippen LogP contribution in [0, 0.1) is 5.92 Å². The maximum absolute atomic E-state index is 11.7. The van der Waals surface area contributed by atoms with E-state index in [1.807, 2.05) is 0 Å². The van der Waals surface area contributed by atoms with E-state index in [4.69, 9.17) is 10.8 Å². The molecule has 1 fully saturated rings. The molecule has 0 radical (unpaired) electrons. The van der Waals surface area contributed by atoms with Crippen LogP contribution in [0.15, 0.2) is 16.7 Å². The predicted octanol–water partition coefficient (Wildman–Crippen LogP) is 0.864. The summed E-state index contributed by atoms with van der Waals surface area (Å²) >= 11 is 3.24. The number of nitrogens with two attached hydrogens (primary N) is 1. The third-order valence-electron chi connectivity index (χ3n) is 2.63. The summed E-state index contributed by atoms with van der Waals surface area (Å²) in [6.45, 7) is 0.135. The molecule has 17 heavy (non-hydrogen) atoms. The van der Waals surface area contributed by atoms with Crippen LogP contribution in [0.1, 0.15) is 6.42 Å². The molecule has 0 saturated carbocycles. The van der Waals surface area contributed by atoms with E-state index in [9.17, 15) is 9.59 Å². The maximum atomic E-state index is 11.7. The highest BCUT2D eigenvalue weighted by Crippen LogP contribution is 2.30. The standard InChI is InChI=1S/C10H10BrN3O3/c11-6-2-7(9(12)13-3-6)14-4-5(10(16)17)1-8(14)15/h2-3,5H,1,4H2,(H2,12,13)(H,16,17). The van der Waals surface area contributed by atoms with Gasteiger partial charge in [0.2, 0.25) is 5.91 Å². The largest absolute Gasteiger partial charge is 0.481 e. The molecule has 2 heterocycles. The van der Waals surface area contributed by atoms with Crippen molar-refractivity contribution in [3.8, 4) is 0 Å². The van der Waals surface area contributed by atoms with E-state index < -0.39 is 11.9 Å². The molecule has 0 bridgehead atoms. The lowest BCUT2D eigenvalue weighted by molar-refractivity contribution is -0.141. The van der Waals surface area contributed by atoms with E-state index in [0.717, 1.165) is 0 Å². The second-order valence-corrected chi connectivity index (χ2v) is 4.72. The number of nitrogens with zero attached hydrogens (tertiary/aromatic N) is 2. The Bertz CT molecular complexity index is 492. The molecule has 0 aromatic carbocycles. The lowest BCUT2D eigenvalue weighted by Crippen LogP contribution is -2.26. The molecule has 1 atom stereocenters. The van der Waals surface area contributed by atoms with Crippen LogP contribution in [0.5, 0.6) is 0 Å². The van der Waals surface area contributed by atoms with Crippen LogP contribution in [0.3, 0.4) is 0 Å². The summed E-state index contributed by atoms with van der Waals surface area (Å²) in [6.07, 6.45) is 1.52. The third-order valence-corrected chi connectivity index (χ3v) is 3.06. The van der Waals surface area contributed by atoms with Crippen LogP contribution < -0.4 is 10.6 Å². The van der Waals surface area contributed by atoms with Gasteiger partial charge in [0.1, 0.15) is 5.82 Å². The number of pyridine rings is 1. The zero-order valence-electron chi connectivity index (χ0n) is 8.76. The van der Waals surface area contributed by atoms with Crippen LogP contribution in [-0.2, 0) is 9.59 Å². The van der Waals surface area contributed by atoms with E-state index in [-0.39, 0.29) is 24.7 Å². The Kier molecular flexibility index (Phi) is 3.01. The molecule has 7 heteroatoms. The van der Waals surface area contributed by atoms with Crippen molar-refractivity contribution in [3.63, 3.8) is 0 Å². The topological polar surface area (TPSA) is 96.5 Å². The minimum absolute atomic E-state index is 0.00128. The van der Waals surface area contributed by atoms with Crippen LogP contribution in [0.25, 0.3) is 0 Å². The van der Waals surface area contributed by atoms with Gasteiger partial charge in [0.15, 0.2) is 0 Å². The van der Waals surface area contributed by atoms with E-state index in [1.165, 1.54) is 11.1 Å². The average Bonchev–Trinajstić information content (AvgIpc) is 2.64. The predicted molar refractivity (Wildman–Crippen MR) is 64.4 cm³/mol. The number of amides is 1. The molecule has 1 aliphatic rings. The van der Waals surface area contributed by atoms with E-state index in [0.29, 0.717) is 10.2 Å². The van der Waals surface area contributed by atoms with Gasteiger partial charge in [0, 0.05) is 23.6 Å². The SMILES string of the molecule is Nc1ncc(Br)cc1N1CC(C(=O)O)CC1=O. The number of aliphatic carboxylic acids is 1. The van der Waals surface area contributed by atoms with Crippen LogP contribution in [0.2, 0.25) is 0 Å². The fourth-order valence-corrected chi connectivity index (χ4v) is 2.08. The number of carbonyl (C=O) groups is 2. The number of carboxylic acid groups (broad SMARTS) is 1. The first-order valence-corrected chi connectivity index (χ1v) is 5.72. The Balaban J connectivity index is 2.32. The van der Waals surface area contributed by atoms with Gasteiger partial charge in [-0.3, -0.25) is 9.59 Å². The highest BCUT2D eigenvalue weighted by Gasteiger charge is 2.36. The molecule has 6 nitrogen and oxygen atoms in total. The summed E-state index contributed by atoms with van der Waals surface area (Å²) < 4.78 is 0.688. The first-order valence-electron chi connectivity index (χ1n) is 4.93. The Labute approximate surface area is 106 Å². The summed E-state index contributed by atoms with van der Waals surface area (Å²) in [6, 6.07) is 1.66. The Morgan fingerprint density at radius 3 is 2.94 bits per heavy atom. The van der Waals surface area contributed by atoms with Gasteiger partial charge in [-0.1, -0.05) is 0 Å². The van der Waals surface area contributed by atoms with Gasteiger partial charge in [0.05, 0.1) is 11.6 Å². The second kappa shape index (κ2) is 4.33. The molecular formula is C10H10BrN3O3. The molecule has 0 spiro atoms. The maximum Gasteiger partial charge on any atom is 0.308 e. The van der Waals surface area contributed by atoms with Crippen molar-refractivity contribution in [1.82, 2.24) is 4.98 Å². The van der Waals surface area contributed by atoms with Crippen LogP contribution >= 0.6 is 15.9 Å². The molecule has 90 valence electrons. The Hall–Kier alpha value is -1.63. The molecule has 1 aromatic heterocycles. The van der Waals surface area contributed by atoms with Crippen molar-refractivity contribution < 1.29 is 14.7 Å². The Morgan fingerprint density at radius 1 is 1.65 bits per heavy atom. The molecule has 1 amide bonds. The smallest absolute Gasteiger partial charge is 0.308 e. The van der Waals surface area contributed by atoms with Gasteiger partial charge in [-0.05, 0) is 22.0 Å². The van der Waals surface area contributed by atoms with Crippen molar-refractivity contribution in [2.75, 3.05) is 17.2 Å². The van der Waals surface area contributed by atoms with E-state index >= 15 is 0 Å². The summed E-state index contributed by atoms with van der Waals surface area (Å²) in [4.78, 5) is 27.8. The first kappa shape index (κ1) is 11.8. The fourth-order valence-electron chi connectivity index (χ4n) is 1.76. The first-order chi connectivity index (χ1) is 7.99. The molecule has 1 aromatic rings. The number of hydrogen-bond acceptors (Lipinski definition) is 4. The molecular weight excluding hydrogens is 290 g/mol. The van der Waals surface area contributed by atoms with Crippen molar-refractivity contribution in [2.24, 2.45) is 5.92 Å². The zero-order chi connectivity index (χ0) is 12.6. The van der Waals surface area contributed by atoms with Gasteiger partial charge in [0.25, 0.3) is 0 Å². The fraction of sp³-hybridized carbons (Fsp3) is 0.300. The average molecular weight is 300 g/mol. The van der Waals surface area contributed by atoms with Crippen molar-refractivity contribution in [1.29, 1.82) is 0 Å². The molecule has 0 aliphatic carbocycles. The number of nitrogen functional groups attached to an aromatic ring is 1. The minimum Gasteiger partial charge on any atom is -0.481 e. The van der Waals surface area contributed by atoms with Crippen LogP contribution in [-0.4, -0.2) is 28.5 Å². The third kappa shape index (κ3) is 2.23. The van der Waals surface area contributed by atoms with Gasteiger partial charge in [-0.15, -0.1) is 0 Å². The van der Waals surface area contributed by atoms with E-state index in [1.54, 1.807) is 6.07 Å². The normalized spacial score (nSPS) is 19.7. The number of aromatic nitrogens is 1. The monoisotopic (exact) mass is 299 g/mol. The summed E-state index contributed by atoms with van der Waals surface area (Å²) in [5.74, 6) is -1.68. The van der Waals surface area contributed by atoms with Crippen molar-refractivity contribution in [2.45, 2.75) is 6.42 Å². The van der Waals surface area contributed by atoms with E-state index in [2.05, 4.69) is 20.9 Å². The molecule has 2 rings (SSSR count). The van der Waals surface area contributed by atoms with Crippen molar-refractivity contribution >= 4 is 39.3 Å². The number of carboxylic acids is 1. The lowest BCUT2D eigenvalue weighted by Gasteiger charge is -2.17. The van der Waals surface area contributed by atoms with Crippen molar-refractivity contribution in [3.05, 3.63) is 16.7 Å². The highest BCUT2D eigenvalue weighted by atomic mass is 79.9. The molecule has 1 saturated heterocycles. The summed E-state index contributed by atoms with van der Waals surface area (Å²) in [5, 5.41) is 8.88. The number of carbonyl (C=O) groups excluding carboxylic acids is 1. The molecule has 1 aliphatic heterocycles.